The number of sulfonamides is 1. The summed E-state index contributed by atoms with van der Waals surface area (Å²) in [7, 11) is -3.49. The summed E-state index contributed by atoms with van der Waals surface area (Å²) >= 11 is 1.34. The molecule has 32 heavy (non-hydrogen) atoms. The molecular formula is C24H27N3O3S2. The number of hydrogen-bond acceptors (Lipinski definition) is 5. The monoisotopic (exact) mass is 469 g/mol. The van der Waals surface area contributed by atoms with E-state index in [9.17, 15) is 13.2 Å². The molecule has 1 aliphatic rings. The number of hydrogen-bond donors (Lipinski definition) is 0. The Morgan fingerprint density at radius 1 is 1.09 bits per heavy atom. The van der Waals surface area contributed by atoms with Gasteiger partial charge in [-0.15, -0.1) is 0 Å². The lowest BCUT2D eigenvalue weighted by molar-refractivity contribution is -0.117. The predicted octanol–water partition coefficient (Wildman–Crippen LogP) is 4.55. The van der Waals surface area contributed by atoms with E-state index in [4.69, 9.17) is 0 Å². The van der Waals surface area contributed by atoms with E-state index >= 15 is 0 Å². The Labute approximate surface area is 193 Å². The van der Waals surface area contributed by atoms with Crippen molar-refractivity contribution in [2.75, 3.05) is 24.5 Å². The first-order chi connectivity index (χ1) is 15.4. The standard InChI is InChI=1S/C24H27N3O3S2/c1-3-27(22-12-8-10-19-9-4-5-11-21(19)22)24(28)18(2)31-23-14-13-20(17-25-23)32(29,30)26-15-6-7-16-26/h4-5,8-14,17-18H,3,6-7,15-16H2,1-2H3/t18-/m1/s1. The molecule has 1 aromatic heterocycles. The first-order valence-corrected chi connectivity index (χ1v) is 13.2. The number of carbonyl (C=O) groups is 1. The minimum absolute atomic E-state index is 0.00980. The number of pyridine rings is 1. The Morgan fingerprint density at radius 2 is 1.81 bits per heavy atom. The number of carbonyl (C=O) groups excluding carboxylic acids is 1. The van der Waals surface area contributed by atoms with Gasteiger partial charge >= 0.3 is 0 Å². The number of benzene rings is 2. The number of amides is 1. The number of nitrogens with zero attached hydrogens (tertiary/aromatic N) is 3. The molecule has 0 saturated carbocycles. The van der Waals surface area contributed by atoms with Crippen LogP contribution in [0.4, 0.5) is 5.69 Å². The van der Waals surface area contributed by atoms with E-state index in [0.29, 0.717) is 24.7 Å². The molecular weight excluding hydrogens is 442 g/mol. The Morgan fingerprint density at radius 3 is 2.50 bits per heavy atom. The first-order valence-electron chi connectivity index (χ1n) is 10.8. The van der Waals surface area contributed by atoms with Gasteiger partial charge in [-0.25, -0.2) is 13.4 Å². The van der Waals surface area contributed by atoms with Gasteiger partial charge in [0.05, 0.1) is 16.0 Å². The molecule has 1 fully saturated rings. The zero-order valence-electron chi connectivity index (χ0n) is 18.3. The average Bonchev–Trinajstić information content (AvgIpc) is 3.36. The zero-order valence-corrected chi connectivity index (χ0v) is 19.9. The van der Waals surface area contributed by atoms with Crippen LogP contribution in [0, 0.1) is 0 Å². The second-order valence-corrected chi connectivity index (χ2v) is 11.1. The van der Waals surface area contributed by atoms with Crippen molar-refractivity contribution < 1.29 is 13.2 Å². The molecule has 0 spiro atoms. The number of aromatic nitrogens is 1. The van der Waals surface area contributed by atoms with Gasteiger partial charge in [0.1, 0.15) is 4.90 Å². The second-order valence-electron chi connectivity index (χ2n) is 7.78. The third-order valence-corrected chi connectivity index (χ3v) is 8.62. The molecule has 1 amide bonds. The van der Waals surface area contributed by atoms with Crippen molar-refractivity contribution >= 4 is 44.2 Å². The van der Waals surface area contributed by atoms with Crippen LogP contribution in [0.25, 0.3) is 10.8 Å². The van der Waals surface area contributed by atoms with Gasteiger partial charge in [-0.3, -0.25) is 4.79 Å². The van der Waals surface area contributed by atoms with Gasteiger partial charge in [0.2, 0.25) is 15.9 Å². The van der Waals surface area contributed by atoms with Crippen molar-refractivity contribution in [2.45, 2.75) is 41.9 Å². The quantitative estimate of drug-likeness (QED) is 0.475. The maximum Gasteiger partial charge on any atom is 0.244 e. The van der Waals surface area contributed by atoms with Crippen LogP contribution in [0.15, 0.2) is 70.7 Å². The van der Waals surface area contributed by atoms with Crippen LogP contribution in [0.3, 0.4) is 0 Å². The molecule has 168 valence electrons. The molecule has 1 saturated heterocycles. The third-order valence-electron chi connectivity index (χ3n) is 5.70. The summed E-state index contributed by atoms with van der Waals surface area (Å²) in [6, 6.07) is 17.3. The van der Waals surface area contributed by atoms with E-state index in [1.54, 1.807) is 17.0 Å². The lowest BCUT2D eigenvalue weighted by Gasteiger charge is -2.25. The van der Waals surface area contributed by atoms with Gasteiger partial charge in [0, 0.05) is 31.2 Å². The Hall–Kier alpha value is -2.42. The number of rotatable bonds is 7. The fraction of sp³-hybridized carbons (Fsp3) is 0.333. The summed E-state index contributed by atoms with van der Waals surface area (Å²) in [4.78, 5) is 19.6. The van der Waals surface area contributed by atoms with E-state index < -0.39 is 10.0 Å². The summed E-state index contributed by atoms with van der Waals surface area (Å²) in [5.74, 6) is -0.00980. The molecule has 3 aromatic rings. The summed E-state index contributed by atoms with van der Waals surface area (Å²) in [6.07, 6.45) is 3.19. The maximum absolute atomic E-state index is 13.3. The van der Waals surface area contributed by atoms with E-state index in [2.05, 4.69) is 4.98 Å². The fourth-order valence-corrected chi connectivity index (χ4v) is 6.32. The Bertz CT molecular complexity index is 1200. The summed E-state index contributed by atoms with van der Waals surface area (Å²) in [5.41, 5.74) is 0.892. The molecule has 0 bridgehead atoms. The zero-order chi connectivity index (χ0) is 22.7. The highest BCUT2D eigenvalue weighted by molar-refractivity contribution is 8.00. The van der Waals surface area contributed by atoms with E-state index in [0.717, 1.165) is 29.3 Å². The molecule has 0 unspecified atom stereocenters. The fourth-order valence-electron chi connectivity index (χ4n) is 4.01. The normalized spacial score (nSPS) is 15.7. The molecule has 0 radical (unpaired) electrons. The maximum atomic E-state index is 13.3. The van der Waals surface area contributed by atoms with Gasteiger partial charge in [-0.2, -0.15) is 4.31 Å². The molecule has 2 aromatic carbocycles. The molecule has 8 heteroatoms. The molecule has 2 heterocycles. The second kappa shape index (κ2) is 9.60. The number of thioether (sulfide) groups is 1. The number of anilines is 1. The van der Waals surface area contributed by atoms with Crippen molar-refractivity contribution in [1.82, 2.24) is 9.29 Å². The highest BCUT2D eigenvalue weighted by Crippen LogP contribution is 2.30. The van der Waals surface area contributed by atoms with Crippen LogP contribution in [0.1, 0.15) is 26.7 Å². The van der Waals surface area contributed by atoms with Gasteiger partial charge in [0.25, 0.3) is 0 Å². The molecule has 1 atom stereocenters. The minimum Gasteiger partial charge on any atom is -0.311 e. The molecule has 4 rings (SSSR count). The highest BCUT2D eigenvalue weighted by Gasteiger charge is 2.28. The lowest BCUT2D eigenvalue weighted by Crippen LogP contribution is -2.36. The van der Waals surface area contributed by atoms with Crippen LogP contribution in [-0.4, -0.2) is 48.5 Å². The van der Waals surface area contributed by atoms with Gasteiger partial charge < -0.3 is 4.90 Å². The van der Waals surface area contributed by atoms with Crippen LogP contribution in [0.2, 0.25) is 0 Å². The van der Waals surface area contributed by atoms with Crippen molar-refractivity contribution in [3.8, 4) is 0 Å². The summed E-state index contributed by atoms with van der Waals surface area (Å²) in [5, 5.41) is 2.38. The average molecular weight is 470 g/mol. The van der Waals surface area contributed by atoms with Crippen LogP contribution in [-0.2, 0) is 14.8 Å². The molecule has 0 N–H and O–H groups in total. The minimum atomic E-state index is -3.49. The van der Waals surface area contributed by atoms with E-state index in [1.807, 2.05) is 56.3 Å². The Balaban J connectivity index is 1.50. The molecule has 1 aliphatic heterocycles. The van der Waals surface area contributed by atoms with Crippen molar-refractivity contribution in [1.29, 1.82) is 0 Å². The van der Waals surface area contributed by atoms with E-state index in [1.165, 1.54) is 22.3 Å². The first kappa shape index (κ1) is 22.8. The summed E-state index contributed by atoms with van der Waals surface area (Å²) < 4.78 is 26.9. The van der Waals surface area contributed by atoms with Crippen LogP contribution in [0.5, 0.6) is 0 Å². The Kier molecular flexibility index (Phi) is 6.83. The SMILES string of the molecule is CCN(C(=O)[C@@H](C)Sc1ccc(S(=O)(=O)N2CCCC2)cn1)c1cccc2ccccc12. The predicted molar refractivity (Wildman–Crippen MR) is 130 cm³/mol. The number of fused-ring (bicyclic) bond motifs is 1. The van der Waals surface area contributed by atoms with Crippen LogP contribution < -0.4 is 4.90 Å². The highest BCUT2D eigenvalue weighted by atomic mass is 32.2. The largest absolute Gasteiger partial charge is 0.311 e. The van der Waals surface area contributed by atoms with Crippen molar-refractivity contribution in [3.63, 3.8) is 0 Å². The molecule has 0 aliphatic carbocycles. The van der Waals surface area contributed by atoms with Crippen molar-refractivity contribution in [3.05, 3.63) is 60.8 Å². The van der Waals surface area contributed by atoms with Gasteiger partial charge in [-0.05, 0) is 50.3 Å². The van der Waals surface area contributed by atoms with Gasteiger partial charge in [-0.1, -0.05) is 48.2 Å². The van der Waals surface area contributed by atoms with Crippen LogP contribution >= 0.6 is 11.8 Å². The summed E-state index contributed by atoms with van der Waals surface area (Å²) in [6.45, 7) is 5.50. The topological polar surface area (TPSA) is 70.6 Å². The lowest BCUT2D eigenvalue weighted by atomic mass is 10.1. The smallest absolute Gasteiger partial charge is 0.244 e. The molecule has 6 nitrogen and oxygen atoms in total. The third kappa shape index (κ3) is 4.53. The van der Waals surface area contributed by atoms with E-state index in [-0.39, 0.29) is 16.1 Å². The van der Waals surface area contributed by atoms with Gasteiger partial charge in [0.15, 0.2) is 0 Å². The van der Waals surface area contributed by atoms with Crippen molar-refractivity contribution in [2.24, 2.45) is 0 Å².